The first-order valence-corrected chi connectivity index (χ1v) is 5.59. The summed E-state index contributed by atoms with van der Waals surface area (Å²) in [5.41, 5.74) is 2.21. The fourth-order valence-electron chi connectivity index (χ4n) is 1.37. The number of hydrogen-bond donors (Lipinski definition) is 2. The number of hydrogen-bond acceptors (Lipinski definition) is 2. The Hall–Kier alpha value is -1.84. The number of carbonyl (C=O) groups is 2. The van der Waals surface area contributed by atoms with E-state index >= 15 is 0 Å². The minimum absolute atomic E-state index is 0.0270. The molecule has 0 aliphatic carbocycles. The summed E-state index contributed by atoms with van der Waals surface area (Å²) in [5.74, 6) is -0.219. The van der Waals surface area contributed by atoms with Crippen LogP contribution in [0, 0.1) is 12.8 Å². The molecule has 0 unspecified atom stereocenters. The van der Waals surface area contributed by atoms with Crippen LogP contribution in [-0.4, -0.2) is 18.9 Å². The Morgan fingerprint density at radius 3 is 2.35 bits per heavy atom. The Morgan fingerprint density at radius 1 is 1.24 bits per heavy atom. The lowest BCUT2D eigenvalue weighted by Gasteiger charge is -2.11. The number of benzene rings is 1. The molecule has 17 heavy (non-hydrogen) atoms. The van der Waals surface area contributed by atoms with Gasteiger partial charge in [-0.1, -0.05) is 13.8 Å². The quantitative estimate of drug-likeness (QED) is 0.839. The zero-order chi connectivity index (χ0) is 13.0. The zero-order valence-electron chi connectivity index (χ0n) is 10.6. The highest BCUT2D eigenvalue weighted by molar-refractivity contribution is 5.96. The monoisotopic (exact) mass is 234 g/mol. The van der Waals surface area contributed by atoms with Gasteiger partial charge in [-0.15, -0.1) is 0 Å². The van der Waals surface area contributed by atoms with E-state index in [4.69, 9.17) is 0 Å². The molecular weight excluding hydrogens is 216 g/mol. The van der Waals surface area contributed by atoms with Crippen LogP contribution in [-0.2, 0) is 4.79 Å². The highest BCUT2D eigenvalue weighted by atomic mass is 16.2. The molecule has 0 fully saturated rings. The van der Waals surface area contributed by atoms with E-state index in [-0.39, 0.29) is 17.7 Å². The van der Waals surface area contributed by atoms with Gasteiger partial charge in [0.05, 0.1) is 0 Å². The average molecular weight is 234 g/mol. The Balaban J connectivity index is 2.90. The third kappa shape index (κ3) is 3.31. The first kappa shape index (κ1) is 13.2. The van der Waals surface area contributed by atoms with Crippen LogP contribution in [0.5, 0.6) is 0 Å². The van der Waals surface area contributed by atoms with E-state index in [9.17, 15) is 9.59 Å². The van der Waals surface area contributed by atoms with Gasteiger partial charge in [-0.2, -0.15) is 0 Å². The molecule has 1 aromatic rings. The first-order valence-electron chi connectivity index (χ1n) is 5.59. The normalized spacial score (nSPS) is 10.2. The maximum absolute atomic E-state index is 11.5. The Labute approximate surface area is 101 Å². The fraction of sp³-hybridized carbons (Fsp3) is 0.385. The molecule has 4 nitrogen and oxygen atoms in total. The molecule has 0 spiro atoms. The third-order valence-corrected chi connectivity index (χ3v) is 2.50. The second kappa shape index (κ2) is 5.48. The molecule has 0 aliphatic heterocycles. The number of rotatable bonds is 3. The lowest BCUT2D eigenvalue weighted by molar-refractivity contribution is -0.118. The van der Waals surface area contributed by atoms with Crippen LogP contribution in [0.15, 0.2) is 18.2 Å². The average Bonchev–Trinajstić information content (AvgIpc) is 2.30. The molecule has 92 valence electrons. The van der Waals surface area contributed by atoms with Crippen molar-refractivity contribution in [1.82, 2.24) is 5.32 Å². The van der Waals surface area contributed by atoms with Gasteiger partial charge in [-0.25, -0.2) is 0 Å². The van der Waals surface area contributed by atoms with E-state index < -0.39 is 0 Å². The van der Waals surface area contributed by atoms with Crippen molar-refractivity contribution in [1.29, 1.82) is 0 Å². The number of anilines is 1. The Bertz CT molecular complexity index is 439. The summed E-state index contributed by atoms with van der Waals surface area (Å²) in [4.78, 5) is 23.0. The maximum Gasteiger partial charge on any atom is 0.251 e. The smallest absolute Gasteiger partial charge is 0.251 e. The predicted molar refractivity (Wildman–Crippen MR) is 68.0 cm³/mol. The Morgan fingerprint density at radius 2 is 1.88 bits per heavy atom. The second-order valence-corrected chi connectivity index (χ2v) is 4.25. The molecule has 0 aliphatic rings. The van der Waals surface area contributed by atoms with Crippen molar-refractivity contribution < 1.29 is 9.59 Å². The number of nitrogens with one attached hydrogen (secondary N) is 2. The predicted octanol–water partition coefficient (Wildman–Crippen LogP) is 1.95. The summed E-state index contributed by atoms with van der Waals surface area (Å²) in [5, 5.41) is 5.38. The van der Waals surface area contributed by atoms with E-state index in [0.29, 0.717) is 5.56 Å². The fourth-order valence-corrected chi connectivity index (χ4v) is 1.37. The van der Waals surface area contributed by atoms with E-state index in [2.05, 4.69) is 10.6 Å². The molecule has 0 radical (unpaired) electrons. The molecule has 4 heteroatoms. The highest BCUT2D eigenvalue weighted by Gasteiger charge is 2.10. The molecule has 1 aromatic carbocycles. The van der Waals surface area contributed by atoms with E-state index in [1.54, 1.807) is 25.2 Å². The van der Waals surface area contributed by atoms with Crippen molar-refractivity contribution in [3.63, 3.8) is 0 Å². The van der Waals surface area contributed by atoms with Crippen LogP contribution >= 0.6 is 0 Å². The lowest BCUT2D eigenvalue weighted by atomic mass is 10.1. The van der Waals surface area contributed by atoms with Crippen molar-refractivity contribution in [3.05, 3.63) is 29.3 Å². The van der Waals surface area contributed by atoms with Crippen LogP contribution in [0.1, 0.15) is 29.8 Å². The summed E-state index contributed by atoms with van der Waals surface area (Å²) in [6, 6.07) is 5.21. The van der Waals surface area contributed by atoms with Gasteiger partial charge in [-0.3, -0.25) is 9.59 Å². The minimum Gasteiger partial charge on any atom is -0.355 e. The van der Waals surface area contributed by atoms with Gasteiger partial charge >= 0.3 is 0 Å². The summed E-state index contributed by atoms with van der Waals surface area (Å²) in [7, 11) is 1.59. The summed E-state index contributed by atoms with van der Waals surface area (Å²) in [6.45, 7) is 5.54. The largest absolute Gasteiger partial charge is 0.355 e. The molecule has 0 bridgehead atoms. The van der Waals surface area contributed by atoms with Gasteiger partial charge in [0.2, 0.25) is 5.91 Å². The topological polar surface area (TPSA) is 58.2 Å². The summed E-state index contributed by atoms with van der Waals surface area (Å²) >= 11 is 0. The van der Waals surface area contributed by atoms with Crippen LogP contribution < -0.4 is 10.6 Å². The molecule has 2 amide bonds. The Kier molecular flexibility index (Phi) is 4.26. The molecule has 0 saturated carbocycles. The standard InChI is InChI=1S/C13H18N2O2/c1-8(2)12(16)15-11-6-5-10(7-9(11)3)13(17)14-4/h5-8H,1-4H3,(H,14,17)(H,15,16). The van der Waals surface area contributed by atoms with Gasteiger partial charge in [0.1, 0.15) is 0 Å². The van der Waals surface area contributed by atoms with Crippen LogP contribution in [0.3, 0.4) is 0 Å². The van der Waals surface area contributed by atoms with Crippen molar-refractivity contribution in [3.8, 4) is 0 Å². The van der Waals surface area contributed by atoms with Gasteiger partial charge in [0.25, 0.3) is 5.91 Å². The van der Waals surface area contributed by atoms with Crippen LogP contribution in [0.25, 0.3) is 0 Å². The molecule has 1 rings (SSSR count). The maximum atomic E-state index is 11.5. The van der Waals surface area contributed by atoms with Gasteiger partial charge in [0, 0.05) is 24.2 Å². The summed E-state index contributed by atoms with van der Waals surface area (Å²) in [6.07, 6.45) is 0. The second-order valence-electron chi connectivity index (χ2n) is 4.25. The van der Waals surface area contributed by atoms with Crippen molar-refractivity contribution >= 4 is 17.5 Å². The van der Waals surface area contributed by atoms with E-state index in [1.807, 2.05) is 20.8 Å². The third-order valence-electron chi connectivity index (χ3n) is 2.50. The number of aryl methyl sites for hydroxylation is 1. The molecule has 2 N–H and O–H groups in total. The van der Waals surface area contributed by atoms with Gasteiger partial charge in [0.15, 0.2) is 0 Å². The van der Waals surface area contributed by atoms with Crippen molar-refractivity contribution in [2.24, 2.45) is 5.92 Å². The van der Waals surface area contributed by atoms with Crippen molar-refractivity contribution in [2.75, 3.05) is 12.4 Å². The van der Waals surface area contributed by atoms with Crippen LogP contribution in [0.2, 0.25) is 0 Å². The molecule has 0 heterocycles. The van der Waals surface area contributed by atoms with E-state index in [1.165, 1.54) is 0 Å². The van der Waals surface area contributed by atoms with Gasteiger partial charge < -0.3 is 10.6 Å². The minimum atomic E-state index is -0.130. The zero-order valence-corrected chi connectivity index (χ0v) is 10.6. The SMILES string of the molecule is CNC(=O)c1ccc(NC(=O)C(C)C)c(C)c1. The molecule has 0 saturated heterocycles. The number of amides is 2. The molecule has 0 atom stereocenters. The van der Waals surface area contributed by atoms with Gasteiger partial charge in [-0.05, 0) is 30.7 Å². The molecular formula is C13H18N2O2. The summed E-state index contributed by atoms with van der Waals surface area (Å²) < 4.78 is 0. The number of carbonyl (C=O) groups excluding carboxylic acids is 2. The van der Waals surface area contributed by atoms with Crippen LogP contribution in [0.4, 0.5) is 5.69 Å². The van der Waals surface area contributed by atoms with Crippen molar-refractivity contribution in [2.45, 2.75) is 20.8 Å². The highest BCUT2D eigenvalue weighted by Crippen LogP contribution is 2.17. The first-order chi connectivity index (χ1) is 7.95. The van der Waals surface area contributed by atoms with E-state index in [0.717, 1.165) is 11.3 Å². The lowest BCUT2D eigenvalue weighted by Crippen LogP contribution is -2.20. The molecule has 0 aromatic heterocycles.